The van der Waals surface area contributed by atoms with E-state index in [9.17, 15) is 0 Å². The average molecular weight is 265 g/mol. The van der Waals surface area contributed by atoms with Crippen molar-refractivity contribution in [2.45, 2.75) is 32.7 Å². The van der Waals surface area contributed by atoms with Gasteiger partial charge in [-0.05, 0) is 44.4 Å². The van der Waals surface area contributed by atoms with Crippen LogP contribution in [0.15, 0.2) is 18.2 Å². The summed E-state index contributed by atoms with van der Waals surface area (Å²) < 4.78 is 0. The van der Waals surface area contributed by atoms with Crippen LogP contribution in [0.4, 0.5) is 5.69 Å². The lowest BCUT2D eigenvalue weighted by molar-refractivity contribution is 0.479. The molecule has 2 fully saturated rings. The van der Waals surface area contributed by atoms with Crippen LogP contribution in [-0.2, 0) is 0 Å². The molecule has 1 aliphatic heterocycles. The maximum Gasteiger partial charge on any atom is 0.0455 e. The standard InChI is InChI=1S/C15H21ClN2/c1-11-3-4-13(7-14(11)16)18-8-12(2)17-9-15(10-18)5-6-15/h3-4,7,12,17H,5-6,8-10H2,1-2H3. The molecule has 18 heavy (non-hydrogen) atoms. The Morgan fingerprint density at radius 1 is 1.39 bits per heavy atom. The zero-order valence-electron chi connectivity index (χ0n) is 11.2. The highest BCUT2D eigenvalue weighted by Crippen LogP contribution is 2.47. The van der Waals surface area contributed by atoms with Gasteiger partial charge in [-0.15, -0.1) is 0 Å². The van der Waals surface area contributed by atoms with Crippen LogP contribution in [0.3, 0.4) is 0 Å². The molecule has 1 aromatic carbocycles. The summed E-state index contributed by atoms with van der Waals surface area (Å²) in [6.45, 7) is 7.74. The molecule has 1 saturated carbocycles. The summed E-state index contributed by atoms with van der Waals surface area (Å²) >= 11 is 6.25. The van der Waals surface area contributed by atoms with E-state index in [4.69, 9.17) is 11.6 Å². The predicted octanol–water partition coefficient (Wildman–Crippen LogP) is 3.23. The van der Waals surface area contributed by atoms with Gasteiger partial charge >= 0.3 is 0 Å². The molecular formula is C15H21ClN2. The first-order chi connectivity index (χ1) is 8.58. The zero-order valence-corrected chi connectivity index (χ0v) is 11.9. The van der Waals surface area contributed by atoms with Crippen molar-refractivity contribution in [2.24, 2.45) is 5.41 Å². The first kappa shape index (κ1) is 12.3. The fourth-order valence-corrected chi connectivity index (χ4v) is 2.97. The predicted molar refractivity (Wildman–Crippen MR) is 77.5 cm³/mol. The number of nitrogens with zero attached hydrogens (tertiary/aromatic N) is 1. The van der Waals surface area contributed by atoms with Crippen LogP contribution in [0.2, 0.25) is 5.02 Å². The van der Waals surface area contributed by atoms with Crippen molar-refractivity contribution in [3.8, 4) is 0 Å². The number of rotatable bonds is 1. The van der Waals surface area contributed by atoms with Crippen LogP contribution in [0, 0.1) is 12.3 Å². The van der Waals surface area contributed by atoms with Crippen molar-refractivity contribution in [2.75, 3.05) is 24.5 Å². The summed E-state index contributed by atoms with van der Waals surface area (Å²) in [5.74, 6) is 0. The molecule has 1 aromatic rings. The second kappa shape index (κ2) is 4.43. The summed E-state index contributed by atoms with van der Waals surface area (Å²) in [6, 6.07) is 6.99. The summed E-state index contributed by atoms with van der Waals surface area (Å²) in [6.07, 6.45) is 2.73. The van der Waals surface area contributed by atoms with Gasteiger partial charge in [0.05, 0.1) is 0 Å². The molecule has 1 atom stereocenters. The number of anilines is 1. The van der Waals surface area contributed by atoms with Crippen LogP contribution >= 0.6 is 11.6 Å². The Morgan fingerprint density at radius 2 is 2.17 bits per heavy atom. The third kappa shape index (κ3) is 2.36. The number of nitrogens with one attached hydrogen (secondary N) is 1. The monoisotopic (exact) mass is 264 g/mol. The molecule has 98 valence electrons. The van der Waals surface area contributed by atoms with E-state index < -0.39 is 0 Å². The molecule has 1 heterocycles. The lowest BCUT2D eigenvalue weighted by Crippen LogP contribution is -2.35. The highest BCUT2D eigenvalue weighted by Gasteiger charge is 2.45. The molecule has 1 spiro atoms. The van der Waals surface area contributed by atoms with Gasteiger partial charge in [-0.1, -0.05) is 17.7 Å². The minimum Gasteiger partial charge on any atom is -0.369 e. The van der Waals surface area contributed by atoms with Gasteiger partial charge in [-0.25, -0.2) is 0 Å². The van der Waals surface area contributed by atoms with Gasteiger partial charge in [0.1, 0.15) is 0 Å². The molecule has 3 rings (SSSR count). The van der Waals surface area contributed by atoms with Crippen molar-refractivity contribution >= 4 is 17.3 Å². The molecule has 1 N–H and O–H groups in total. The van der Waals surface area contributed by atoms with Gasteiger partial charge in [-0.3, -0.25) is 0 Å². The number of hydrogen-bond donors (Lipinski definition) is 1. The molecule has 0 aromatic heterocycles. The van der Waals surface area contributed by atoms with E-state index in [2.05, 4.69) is 42.3 Å². The highest BCUT2D eigenvalue weighted by atomic mass is 35.5. The summed E-state index contributed by atoms with van der Waals surface area (Å²) in [5.41, 5.74) is 2.96. The number of halogens is 1. The third-order valence-electron chi connectivity index (χ3n) is 4.32. The van der Waals surface area contributed by atoms with Crippen molar-refractivity contribution < 1.29 is 0 Å². The van der Waals surface area contributed by atoms with Crippen LogP contribution in [0.25, 0.3) is 0 Å². The SMILES string of the molecule is Cc1ccc(N2CC(C)NCC3(CC3)C2)cc1Cl. The van der Waals surface area contributed by atoms with E-state index in [-0.39, 0.29) is 0 Å². The second-order valence-electron chi connectivity index (χ2n) is 6.10. The van der Waals surface area contributed by atoms with Gasteiger partial charge in [0, 0.05) is 41.8 Å². The Kier molecular flexibility index (Phi) is 3.03. The molecule has 3 heteroatoms. The van der Waals surface area contributed by atoms with Gasteiger partial charge in [-0.2, -0.15) is 0 Å². The van der Waals surface area contributed by atoms with Crippen molar-refractivity contribution in [1.29, 1.82) is 0 Å². The first-order valence-electron chi connectivity index (χ1n) is 6.83. The topological polar surface area (TPSA) is 15.3 Å². The smallest absolute Gasteiger partial charge is 0.0455 e. The van der Waals surface area contributed by atoms with E-state index >= 15 is 0 Å². The Bertz CT molecular complexity index is 454. The van der Waals surface area contributed by atoms with Crippen molar-refractivity contribution in [3.05, 3.63) is 28.8 Å². The molecule has 2 aliphatic rings. The van der Waals surface area contributed by atoms with Crippen LogP contribution in [-0.4, -0.2) is 25.7 Å². The molecule has 1 saturated heterocycles. The van der Waals surface area contributed by atoms with E-state index in [0.717, 1.165) is 17.1 Å². The Hall–Kier alpha value is -0.730. The lowest BCUT2D eigenvalue weighted by atomic mass is 10.1. The van der Waals surface area contributed by atoms with Crippen LogP contribution in [0.5, 0.6) is 0 Å². The maximum atomic E-state index is 6.25. The van der Waals surface area contributed by atoms with Gasteiger partial charge in [0.15, 0.2) is 0 Å². The van der Waals surface area contributed by atoms with Crippen LogP contribution in [0.1, 0.15) is 25.3 Å². The lowest BCUT2D eigenvalue weighted by Gasteiger charge is -2.27. The Balaban J connectivity index is 1.86. The number of aryl methyl sites for hydroxylation is 1. The minimum absolute atomic E-state index is 0.530. The third-order valence-corrected chi connectivity index (χ3v) is 4.73. The molecule has 0 amide bonds. The second-order valence-corrected chi connectivity index (χ2v) is 6.50. The van der Waals surface area contributed by atoms with E-state index in [1.807, 2.05) is 0 Å². The number of hydrogen-bond acceptors (Lipinski definition) is 2. The molecule has 0 bridgehead atoms. The van der Waals surface area contributed by atoms with Gasteiger partial charge in [0.2, 0.25) is 0 Å². The van der Waals surface area contributed by atoms with Gasteiger partial charge < -0.3 is 10.2 Å². The minimum atomic E-state index is 0.530. The van der Waals surface area contributed by atoms with Crippen LogP contribution < -0.4 is 10.2 Å². The summed E-state index contributed by atoms with van der Waals surface area (Å²) in [5, 5.41) is 4.53. The normalized spacial score (nSPS) is 26.2. The molecule has 2 nitrogen and oxygen atoms in total. The van der Waals surface area contributed by atoms with Crippen molar-refractivity contribution in [1.82, 2.24) is 5.32 Å². The highest BCUT2D eigenvalue weighted by molar-refractivity contribution is 6.31. The fourth-order valence-electron chi connectivity index (χ4n) is 2.80. The van der Waals surface area contributed by atoms with E-state index in [1.54, 1.807) is 0 Å². The number of benzene rings is 1. The zero-order chi connectivity index (χ0) is 12.8. The fraction of sp³-hybridized carbons (Fsp3) is 0.600. The summed E-state index contributed by atoms with van der Waals surface area (Å²) in [4.78, 5) is 2.50. The maximum absolute atomic E-state index is 6.25. The molecular weight excluding hydrogens is 244 g/mol. The largest absolute Gasteiger partial charge is 0.369 e. The quantitative estimate of drug-likeness (QED) is 0.838. The Labute approximate surface area is 114 Å². The summed E-state index contributed by atoms with van der Waals surface area (Å²) in [7, 11) is 0. The van der Waals surface area contributed by atoms with E-state index in [0.29, 0.717) is 11.5 Å². The average Bonchev–Trinajstić information content (AvgIpc) is 3.12. The molecule has 0 radical (unpaired) electrons. The van der Waals surface area contributed by atoms with E-state index in [1.165, 1.54) is 31.6 Å². The molecule has 1 unspecified atom stereocenters. The van der Waals surface area contributed by atoms with Gasteiger partial charge in [0.25, 0.3) is 0 Å². The first-order valence-corrected chi connectivity index (χ1v) is 7.20. The Morgan fingerprint density at radius 3 is 2.83 bits per heavy atom. The van der Waals surface area contributed by atoms with Crippen molar-refractivity contribution in [3.63, 3.8) is 0 Å². The molecule has 1 aliphatic carbocycles.